The van der Waals surface area contributed by atoms with Crippen LogP contribution < -0.4 is 34.2 Å². The zero-order valence-corrected chi connectivity index (χ0v) is 11.6. The van der Waals surface area contributed by atoms with Gasteiger partial charge in [0, 0.05) is 12.4 Å². The van der Waals surface area contributed by atoms with Gasteiger partial charge in [-0.25, -0.2) is 0 Å². The molecule has 0 aromatic heterocycles. The van der Waals surface area contributed by atoms with E-state index in [9.17, 15) is 4.57 Å². The molecule has 2 aromatic carbocycles. The van der Waals surface area contributed by atoms with Crippen LogP contribution in [0.15, 0.2) is 54.6 Å². The molecular weight excluding hydrogens is 238 g/mol. The topological polar surface area (TPSA) is 26.3 Å². The third-order valence-electron chi connectivity index (χ3n) is 2.65. The molecule has 0 aliphatic rings. The van der Waals surface area contributed by atoms with Crippen molar-refractivity contribution in [2.75, 3.05) is 7.11 Å². The van der Waals surface area contributed by atoms with Crippen LogP contribution in [-0.4, -0.2) is 7.11 Å². The summed E-state index contributed by atoms with van der Waals surface area (Å²) in [5.41, 5.74) is 0. The summed E-state index contributed by atoms with van der Waals surface area (Å²) < 4.78 is 18.0. The van der Waals surface area contributed by atoms with Crippen LogP contribution in [0, 0.1) is 6.66 Å². The second-order valence-electron chi connectivity index (χ2n) is 3.75. The van der Waals surface area contributed by atoms with Crippen molar-refractivity contribution >= 4 is 17.8 Å². The number of hydrogen-bond donors (Lipinski definition) is 0. The molecule has 0 aliphatic carbocycles. The van der Waals surface area contributed by atoms with E-state index in [1.807, 2.05) is 42.5 Å². The van der Waals surface area contributed by atoms with Gasteiger partial charge < -0.3 is 9.30 Å². The van der Waals surface area contributed by atoms with Gasteiger partial charge in [0.05, 0.1) is 7.11 Å². The molecule has 0 bridgehead atoms. The van der Waals surface area contributed by atoms with Crippen LogP contribution in [0.5, 0.6) is 5.75 Å². The van der Waals surface area contributed by atoms with E-state index in [2.05, 4.69) is 6.66 Å². The molecule has 0 saturated heterocycles. The summed E-state index contributed by atoms with van der Waals surface area (Å²) in [5.74, 6) is 0.620. The fourth-order valence-corrected chi connectivity index (χ4v) is 3.52. The molecule has 2 aromatic rings. The average molecular weight is 252 g/mol. The van der Waals surface area contributed by atoms with Crippen LogP contribution in [0.3, 0.4) is 0 Å². The molecule has 4 heteroatoms. The number of para-hydroxylation sites is 1. The van der Waals surface area contributed by atoms with Crippen molar-refractivity contribution in [3.63, 3.8) is 0 Å². The number of hydrogen-bond acceptors (Lipinski definition) is 2. The van der Waals surface area contributed by atoms with Crippen LogP contribution in [0.25, 0.3) is 0 Å². The van der Waals surface area contributed by atoms with Gasteiger partial charge in [-0.2, -0.15) is 0 Å². The van der Waals surface area contributed by atoms with Crippen molar-refractivity contribution in [3.05, 3.63) is 61.3 Å². The smallest absolute Gasteiger partial charge is 0.496 e. The molecule has 0 saturated carbocycles. The third-order valence-corrected chi connectivity index (χ3v) is 4.93. The molecule has 0 amide bonds. The van der Waals surface area contributed by atoms with Crippen LogP contribution in [-0.2, 0) is 4.57 Å². The Balaban J connectivity index is 0.00000162. The Morgan fingerprint density at radius 3 is 2.17 bits per heavy atom. The molecular formula is C14H14LiO2P. The van der Waals surface area contributed by atoms with Crippen molar-refractivity contribution in [1.29, 1.82) is 0 Å². The molecule has 88 valence electrons. The maximum Gasteiger partial charge on any atom is 1.00 e. The summed E-state index contributed by atoms with van der Waals surface area (Å²) in [7, 11) is -1.25. The Labute approximate surface area is 120 Å². The normalized spacial score (nSPS) is 13.2. The number of benzene rings is 2. The molecule has 0 spiro atoms. The average Bonchev–Trinajstić information content (AvgIpc) is 2.39. The van der Waals surface area contributed by atoms with E-state index in [4.69, 9.17) is 4.74 Å². The van der Waals surface area contributed by atoms with E-state index in [0.29, 0.717) is 11.1 Å². The van der Waals surface area contributed by atoms with E-state index < -0.39 is 7.14 Å². The number of methoxy groups -OCH3 is 1. The quantitative estimate of drug-likeness (QED) is 0.430. The van der Waals surface area contributed by atoms with Crippen LogP contribution in [0.4, 0.5) is 0 Å². The van der Waals surface area contributed by atoms with Crippen molar-refractivity contribution in [2.45, 2.75) is 0 Å². The van der Waals surface area contributed by atoms with Crippen molar-refractivity contribution in [1.82, 2.24) is 0 Å². The molecule has 1 unspecified atom stereocenters. The summed E-state index contributed by atoms with van der Waals surface area (Å²) in [6.07, 6.45) is 0. The molecule has 0 aliphatic heterocycles. The summed E-state index contributed by atoms with van der Waals surface area (Å²) >= 11 is 0. The van der Waals surface area contributed by atoms with Gasteiger partial charge in [-0.05, 0) is 17.4 Å². The zero-order valence-electron chi connectivity index (χ0n) is 10.7. The monoisotopic (exact) mass is 252 g/mol. The van der Waals surface area contributed by atoms with E-state index in [1.165, 1.54) is 0 Å². The SMILES string of the molecule is [CH2-]P(=O)(c1ccccc1)c1ccccc1OC.[Li+]. The Kier molecular flexibility index (Phi) is 5.29. The Bertz CT molecular complexity index is 555. The minimum atomic E-state index is -2.83. The molecule has 0 fully saturated rings. The second-order valence-corrected chi connectivity index (χ2v) is 6.22. The second kappa shape index (κ2) is 6.30. The molecule has 0 N–H and O–H groups in total. The summed E-state index contributed by atoms with van der Waals surface area (Å²) in [6, 6.07) is 16.6. The fourth-order valence-electron chi connectivity index (χ4n) is 1.74. The van der Waals surface area contributed by atoms with Gasteiger partial charge in [-0.15, -0.1) is 0 Å². The predicted molar refractivity (Wildman–Crippen MR) is 71.7 cm³/mol. The van der Waals surface area contributed by atoms with Gasteiger partial charge in [0.25, 0.3) is 0 Å². The van der Waals surface area contributed by atoms with Crippen molar-refractivity contribution in [2.24, 2.45) is 0 Å². The van der Waals surface area contributed by atoms with E-state index in [1.54, 1.807) is 19.2 Å². The summed E-state index contributed by atoms with van der Waals surface area (Å²) in [5, 5.41) is 1.40. The standard InChI is InChI=1S/C14H14O2P.Li/c1-16-13-10-6-7-11-14(13)17(2,15)12-8-4-3-5-9-12;/h3-11H,2H2,1H3;/q-1;+1. The molecule has 1 atom stereocenters. The summed E-state index contributed by atoms with van der Waals surface area (Å²) in [6.45, 7) is 3.89. The zero-order chi connectivity index (χ0) is 12.3. The first-order valence-corrected chi connectivity index (χ1v) is 7.19. The van der Waals surface area contributed by atoms with Gasteiger partial charge in [-0.1, -0.05) is 42.5 Å². The van der Waals surface area contributed by atoms with E-state index >= 15 is 0 Å². The van der Waals surface area contributed by atoms with E-state index in [-0.39, 0.29) is 18.9 Å². The molecule has 18 heavy (non-hydrogen) atoms. The maximum atomic E-state index is 12.8. The first-order valence-electron chi connectivity index (χ1n) is 5.30. The Hall–Kier alpha value is -0.933. The molecule has 0 radical (unpaired) electrons. The largest absolute Gasteiger partial charge is 1.00 e. The Morgan fingerprint density at radius 1 is 1.00 bits per heavy atom. The van der Waals surface area contributed by atoms with Gasteiger partial charge in [0.15, 0.2) is 0 Å². The third kappa shape index (κ3) is 2.90. The van der Waals surface area contributed by atoms with Gasteiger partial charge in [0.1, 0.15) is 5.75 Å². The molecule has 0 heterocycles. The van der Waals surface area contributed by atoms with Crippen molar-refractivity contribution in [3.8, 4) is 5.75 Å². The Morgan fingerprint density at radius 2 is 1.56 bits per heavy atom. The van der Waals surface area contributed by atoms with Gasteiger partial charge in [0.2, 0.25) is 0 Å². The van der Waals surface area contributed by atoms with E-state index in [0.717, 1.165) is 5.30 Å². The van der Waals surface area contributed by atoms with Crippen LogP contribution in [0.2, 0.25) is 0 Å². The fraction of sp³-hybridized carbons (Fsp3) is 0.0714. The minimum Gasteiger partial charge on any atom is -0.496 e. The first kappa shape index (κ1) is 15.1. The maximum absolute atomic E-state index is 12.8. The van der Waals surface area contributed by atoms with Gasteiger partial charge in [-0.3, -0.25) is 6.66 Å². The van der Waals surface area contributed by atoms with Crippen molar-refractivity contribution < 1.29 is 28.2 Å². The van der Waals surface area contributed by atoms with Crippen LogP contribution >= 0.6 is 7.14 Å². The minimum absolute atomic E-state index is 0. The number of ether oxygens (including phenoxy) is 1. The first-order chi connectivity index (χ1) is 8.16. The van der Waals surface area contributed by atoms with Crippen LogP contribution in [0.1, 0.15) is 0 Å². The predicted octanol–water partition coefficient (Wildman–Crippen LogP) is -0.195. The molecule has 2 nitrogen and oxygen atoms in total. The van der Waals surface area contributed by atoms with Gasteiger partial charge >= 0.3 is 18.9 Å². The molecule has 2 rings (SSSR count). The number of rotatable bonds is 3. The summed E-state index contributed by atoms with van der Waals surface area (Å²) in [4.78, 5) is 0.